The Bertz CT molecular complexity index is 1120. The standard InChI is InChI=1S/C25H24FN3O3/c1-2-18-5-3-4-6-22(18)29-16-19(14-24(29)30)25(31)28-15-17-11-12-27-23(13-17)32-21-9-7-20(26)8-10-21/h3-13,19H,2,14-16H2,1H3,(H,28,31). The molecule has 0 aliphatic carbocycles. The van der Waals surface area contributed by atoms with E-state index in [0.717, 1.165) is 23.2 Å². The first-order valence-corrected chi connectivity index (χ1v) is 10.6. The zero-order valence-corrected chi connectivity index (χ0v) is 17.8. The van der Waals surface area contributed by atoms with Gasteiger partial charge in [-0.2, -0.15) is 0 Å². The minimum atomic E-state index is -0.399. The zero-order chi connectivity index (χ0) is 22.5. The number of hydrogen-bond donors (Lipinski definition) is 1. The van der Waals surface area contributed by atoms with Gasteiger partial charge in [-0.05, 0) is 53.9 Å². The topological polar surface area (TPSA) is 71.5 Å². The lowest BCUT2D eigenvalue weighted by molar-refractivity contribution is -0.126. The van der Waals surface area contributed by atoms with E-state index in [-0.39, 0.29) is 30.6 Å². The van der Waals surface area contributed by atoms with Crippen molar-refractivity contribution in [3.63, 3.8) is 0 Å². The Morgan fingerprint density at radius 3 is 2.75 bits per heavy atom. The van der Waals surface area contributed by atoms with Crippen molar-refractivity contribution in [2.45, 2.75) is 26.3 Å². The Kier molecular flexibility index (Phi) is 6.44. The number of rotatable bonds is 7. The number of ether oxygens (including phenoxy) is 1. The molecule has 1 atom stereocenters. The number of aromatic nitrogens is 1. The van der Waals surface area contributed by atoms with E-state index in [4.69, 9.17) is 4.74 Å². The summed E-state index contributed by atoms with van der Waals surface area (Å²) < 4.78 is 18.7. The molecular weight excluding hydrogens is 409 g/mol. The highest BCUT2D eigenvalue weighted by molar-refractivity contribution is 6.00. The van der Waals surface area contributed by atoms with E-state index in [1.165, 1.54) is 24.3 Å². The number of nitrogens with one attached hydrogen (secondary N) is 1. The van der Waals surface area contributed by atoms with Crippen molar-refractivity contribution < 1.29 is 18.7 Å². The predicted octanol–water partition coefficient (Wildman–Crippen LogP) is 4.24. The fourth-order valence-corrected chi connectivity index (χ4v) is 3.76. The Morgan fingerprint density at radius 1 is 1.19 bits per heavy atom. The van der Waals surface area contributed by atoms with Crippen LogP contribution in [0.3, 0.4) is 0 Å². The number of nitrogens with zero attached hydrogens (tertiary/aromatic N) is 2. The van der Waals surface area contributed by atoms with Crippen LogP contribution in [-0.2, 0) is 22.6 Å². The van der Waals surface area contributed by atoms with Crippen LogP contribution in [0.2, 0.25) is 0 Å². The molecular formula is C25H24FN3O3. The minimum absolute atomic E-state index is 0.0371. The van der Waals surface area contributed by atoms with Crippen LogP contribution < -0.4 is 15.0 Å². The molecule has 1 saturated heterocycles. The highest BCUT2D eigenvalue weighted by atomic mass is 19.1. The first-order valence-electron chi connectivity index (χ1n) is 10.6. The highest BCUT2D eigenvalue weighted by Crippen LogP contribution is 2.28. The van der Waals surface area contributed by atoms with Crippen LogP contribution in [0, 0.1) is 11.7 Å². The maximum Gasteiger partial charge on any atom is 0.227 e. The highest BCUT2D eigenvalue weighted by Gasteiger charge is 2.35. The molecule has 1 aliphatic heterocycles. The molecule has 164 valence electrons. The van der Waals surface area contributed by atoms with Crippen molar-refractivity contribution in [2.24, 2.45) is 5.92 Å². The number of aryl methyl sites for hydroxylation is 1. The maximum atomic E-state index is 13.0. The molecule has 2 amide bonds. The third-order valence-corrected chi connectivity index (χ3v) is 5.46. The summed E-state index contributed by atoms with van der Waals surface area (Å²) in [6.07, 6.45) is 2.60. The van der Waals surface area contributed by atoms with Crippen molar-refractivity contribution in [3.8, 4) is 11.6 Å². The number of carbonyl (C=O) groups is 2. The average Bonchev–Trinajstić information content (AvgIpc) is 3.20. The van der Waals surface area contributed by atoms with Gasteiger partial charge in [0.1, 0.15) is 11.6 Å². The van der Waals surface area contributed by atoms with E-state index in [1.807, 2.05) is 31.2 Å². The number of hydrogen-bond acceptors (Lipinski definition) is 4. The van der Waals surface area contributed by atoms with Gasteiger partial charge < -0.3 is 15.0 Å². The molecule has 32 heavy (non-hydrogen) atoms. The van der Waals surface area contributed by atoms with Crippen molar-refractivity contribution in [1.29, 1.82) is 0 Å². The molecule has 1 aromatic heterocycles. The normalized spacial score (nSPS) is 15.6. The summed E-state index contributed by atoms with van der Waals surface area (Å²) in [6.45, 7) is 2.71. The van der Waals surface area contributed by atoms with Gasteiger partial charge in [-0.25, -0.2) is 9.37 Å². The van der Waals surface area contributed by atoms with Crippen molar-refractivity contribution in [3.05, 3.63) is 83.8 Å². The van der Waals surface area contributed by atoms with Gasteiger partial charge in [-0.3, -0.25) is 9.59 Å². The third kappa shape index (κ3) is 4.94. The fourth-order valence-electron chi connectivity index (χ4n) is 3.76. The van der Waals surface area contributed by atoms with Crippen LogP contribution in [0.25, 0.3) is 0 Å². The van der Waals surface area contributed by atoms with E-state index in [9.17, 15) is 14.0 Å². The molecule has 6 nitrogen and oxygen atoms in total. The average molecular weight is 433 g/mol. The van der Waals surface area contributed by atoms with E-state index >= 15 is 0 Å². The minimum Gasteiger partial charge on any atom is -0.439 e. The van der Waals surface area contributed by atoms with Crippen molar-refractivity contribution in [2.75, 3.05) is 11.4 Å². The summed E-state index contributed by atoms with van der Waals surface area (Å²) in [5.41, 5.74) is 2.78. The van der Waals surface area contributed by atoms with Gasteiger partial charge >= 0.3 is 0 Å². The van der Waals surface area contributed by atoms with Crippen LogP contribution in [0.15, 0.2) is 66.9 Å². The van der Waals surface area contributed by atoms with E-state index < -0.39 is 5.92 Å². The van der Waals surface area contributed by atoms with Crippen LogP contribution in [0.5, 0.6) is 11.6 Å². The van der Waals surface area contributed by atoms with Gasteiger partial charge in [0.15, 0.2) is 0 Å². The number of halogens is 1. The molecule has 1 N–H and O–H groups in total. The molecule has 0 spiro atoms. The van der Waals surface area contributed by atoms with Crippen LogP contribution >= 0.6 is 0 Å². The summed E-state index contributed by atoms with van der Waals surface area (Å²) in [4.78, 5) is 31.2. The lowest BCUT2D eigenvalue weighted by Gasteiger charge is -2.20. The second kappa shape index (κ2) is 9.60. The molecule has 7 heteroatoms. The number of anilines is 1. The Labute approximate surface area is 186 Å². The van der Waals surface area contributed by atoms with Gasteiger partial charge in [-0.15, -0.1) is 0 Å². The zero-order valence-electron chi connectivity index (χ0n) is 17.8. The molecule has 1 fully saturated rings. The summed E-state index contributed by atoms with van der Waals surface area (Å²) in [5.74, 6) is -0.121. The molecule has 0 bridgehead atoms. The molecule has 1 aliphatic rings. The van der Waals surface area contributed by atoms with Gasteiger partial charge in [0.25, 0.3) is 0 Å². The second-order valence-corrected chi connectivity index (χ2v) is 7.66. The Hall–Kier alpha value is -3.74. The number of pyridine rings is 1. The summed E-state index contributed by atoms with van der Waals surface area (Å²) in [6, 6.07) is 16.9. The van der Waals surface area contributed by atoms with Gasteiger partial charge in [-0.1, -0.05) is 25.1 Å². The van der Waals surface area contributed by atoms with Crippen LogP contribution in [0.1, 0.15) is 24.5 Å². The molecule has 0 saturated carbocycles. The molecule has 3 aromatic rings. The number of benzene rings is 2. The quantitative estimate of drug-likeness (QED) is 0.605. The van der Waals surface area contributed by atoms with Crippen molar-refractivity contribution in [1.82, 2.24) is 10.3 Å². The number of carbonyl (C=O) groups excluding carboxylic acids is 2. The van der Waals surface area contributed by atoms with E-state index in [0.29, 0.717) is 18.2 Å². The lowest BCUT2D eigenvalue weighted by Crippen LogP contribution is -2.32. The molecule has 1 unspecified atom stereocenters. The summed E-state index contributed by atoms with van der Waals surface area (Å²) in [7, 11) is 0. The lowest BCUT2D eigenvalue weighted by atomic mass is 10.1. The summed E-state index contributed by atoms with van der Waals surface area (Å²) >= 11 is 0. The van der Waals surface area contributed by atoms with Gasteiger partial charge in [0.05, 0.1) is 5.92 Å². The van der Waals surface area contributed by atoms with E-state index in [1.54, 1.807) is 23.2 Å². The molecule has 2 aromatic carbocycles. The largest absolute Gasteiger partial charge is 0.439 e. The number of amides is 2. The smallest absolute Gasteiger partial charge is 0.227 e. The van der Waals surface area contributed by atoms with Crippen LogP contribution in [-0.4, -0.2) is 23.3 Å². The summed E-state index contributed by atoms with van der Waals surface area (Å²) in [5, 5.41) is 2.91. The molecule has 2 heterocycles. The Morgan fingerprint density at radius 2 is 1.97 bits per heavy atom. The SMILES string of the molecule is CCc1ccccc1N1CC(C(=O)NCc2ccnc(Oc3ccc(F)cc3)c2)CC1=O. The molecule has 0 radical (unpaired) electrons. The second-order valence-electron chi connectivity index (χ2n) is 7.66. The van der Waals surface area contributed by atoms with E-state index in [2.05, 4.69) is 10.3 Å². The fraction of sp³-hybridized carbons (Fsp3) is 0.240. The first-order chi connectivity index (χ1) is 15.5. The monoisotopic (exact) mass is 433 g/mol. The van der Waals surface area contributed by atoms with Crippen molar-refractivity contribution >= 4 is 17.5 Å². The Balaban J connectivity index is 1.36. The predicted molar refractivity (Wildman–Crippen MR) is 119 cm³/mol. The maximum absolute atomic E-state index is 13.0. The van der Waals surface area contributed by atoms with Crippen LogP contribution in [0.4, 0.5) is 10.1 Å². The third-order valence-electron chi connectivity index (χ3n) is 5.46. The first kappa shape index (κ1) is 21.5. The van der Waals surface area contributed by atoms with Gasteiger partial charge in [0.2, 0.25) is 17.7 Å². The molecule has 4 rings (SSSR count). The number of para-hydroxylation sites is 1. The van der Waals surface area contributed by atoms with Gasteiger partial charge in [0, 0.05) is 37.5 Å².